The topological polar surface area (TPSA) is 59.8 Å². The highest BCUT2D eigenvalue weighted by atomic mass is 35.5. The number of aryl methyl sites for hydroxylation is 1. The Hall–Kier alpha value is -2.66. The molecular formula is C20H19ClN4O. The first-order chi connectivity index (χ1) is 12.7. The van der Waals surface area contributed by atoms with Gasteiger partial charge >= 0.3 is 0 Å². The van der Waals surface area contributed by atoms with E-state index in [1.165, 1.54) is 0 Å². The van der Waals surface area contributed by atoms with Crippen molar-refractivity contribution in [2.75, 3.05) is 5.32 Å². The number of benzene rings is 2. The lowest BCUT2D eigenvalue weighted by molar-refractivity contribution is -0.115. The van der Waals surface area contributed by atoms with Crippen molar-refractivity contribution in [1.82, 2.24) is 14.8 Å². The first kappa shape index (κ1) is 16.8. The van der Waals surface area contributed by atoms with Gasteiger partial charge in [0.15, 0.2) is 5.82 Å². The molecule has 1 aliphatic rings. The van der Waals surface area contributed by atoms with E-state index in [-0.39, 0.29) is 12.3 Å². The molecule has 1 amide bonds. The van der Waals surface area contributed by atoms with Crippen LogP contribution in [0.4, 0.5) is 5.69 Å². The van der Waals surface area contributed by atoms with Crippen LogP contribution in [0.1, 0.15) is 24.2 Å². The first-order valence-electron chi connectivity index (χ1n) is 8.76. The van der Waals surface area contributed by atoms with Gasteiger partial charge in [0.05, 0.1) is 6.42 Å². The monoisotopic (exact) mass is 366 g/mol. The highest BCUT2D eigenvalue weighted by Crippen LogP contribution is 2.25. The van der Waals surface area contributed by atoms with Crippen molar-refractivity contribution in [3.8, 4) is 11.4 Å². The van der Waals surface area contributed by atoms with Gasteiger partial charge in [-0.15, -0.1) is 10.2 Å². The van der Waals surface area contributed by atoms with Gasteiger partial charge in [0.25, 0.3) is 0 Å². The summed E-state index contributed by atoms with van der Waals surface area (Å²) < 4.78 is 2.17. The maximum Gasteiger partial charge on any atom is 0.228 e. The predicted molar refractivity (Wildman–Crippen MR) is 102 cm³/mol. The molecule has 4 rings (SSSR count). The highest BCUT2D eigenvalue weighted by Gasteiger charge is 2.17. The van der Waals surface area contributed by atoms with Crippen LogP contribution in [0.15, 0.2) is 48.5 Å². The average Bonchev–Trinajstić information content (AvgIpc) is 3.08. The van der Waals surface area contributed by atoms with E-state index in [2.05, 4.69) is 20.1 Å². The Morgan fingerprint density at radius 3 is 2.88 bits per heavy atom. The molecule has 1 aliphatic heterocycles. The van der Waals surface area contributed by atoms with Crippen LogP contribution in [-0.2, 0) is 24.2 Å². The Kier molecular flexibility index (Phi) is 4.71. The summed E-state index contributed by atoms with van der Waals surface area (Å²) in [5.74, 6) is 1.81. The van der Waals surface area contributed by atoms with Crippen LogP contribution in [0.2, 0.25) is 5.02 Å². The number of rotatable bonds is 4. The molecule has 132 valence electrons. The molecule has 0 spiro atoms. The number of amides is 1. The number of halogens is 1. The molecule has 2 heterocycles. The van der Waals surface area contributed by atoms with E-state index in [0.717, 1.165) is 54.3 Å². The molecule has 0 radical (unpaired) electrons. The molecule has 1 aromatic heterocycles. The summed E-state index contributed by atoms with van der Waals surface area (Å²) in [5.41, 5.74) is 2.52. The van der Waals surface area contributed by atoms with Gasteiger partial charge in [-0.05, 0) is 36.6 Å². The SMILES string of the molecule is O=C(Cc1ccccc1Cl)Nc1cccc(-c2nnc3n2CCCC3)c1. The molecule has 6 heteroatoms. The van der Waals surface area contributed by atoms with E-state index in [9.17, 15) is 4.79 Å². The van der Waals surface area contributed by atoms with Gasteiger partial charge in [0, 0.05) is 29.2 Å². The lowest BCUT2D eigenvalue weighted by Gasteiger charge is -2.15. The average molecular weight is 367 g/mol. The van der Waals surface area contributed by atoms with Crippen LogP contribution in [0.3, 0.4) is 0 Å². The second-order valence-corrected chi connectivity index (χ2v) is 6.85. The second-order valence-electron chi connectivity index (χ2n) is 6.45. The molecule has 26 heavy (non-hydrogen) atoms. The molecular weight excluding hydrogens is 348 g/mol. The largest absolute Gasteiger partial charge is 0.326 e. The maximum atomic E-state index is 12.4. The molecule has 0 aliphatic carbocycles. The molecule has 0 atom stereocenters. The zero-order valence-corrected chi connectivity index (χ0v) is 15.0. The summed E-state index contributed by atoms with van der Waals surface area (Å²) in [6.07, 6.45) is 3.52. The lowest BCUT2D eigenvalue weighted by atomic mass is 10.1. The van der Waals surface area contributed by atoms with Gasteiger partial charge in [0.1, 0.15) is 5.82 Å². The molecule has 3 aromatic rings. The third kappa shape index (κ3) is 3.48. The Labute approximate surface area is 157 Å². The molecule has 0 unspecified atom stereocenters. The molecule has 0 fully saturated rings. The molecule has 0 bridgehead atoms. The summed E-state index contributed by atoms with van der Waals surface area (Å²) in [7, 11) is 0. The van der Waals surface area contributed by atoms with Crippen molar-refractivity contribution in [3.05, 3.63) is 64.9 Å². The van der Waals surface area contributed by atoms with E-state index in [1.54, 1.807) is 6.07 Å². The van der Waals surface area contributed by atoms with Gasteiger partial charge in [-0.1, -0.05) is 41.9 Å². The number of hydrogen-bond donors (Lipinski definition) is 1. The molecule has 0 saturated heterocycles. The fourth-order valence-corrected chi connectivity index (χ4v) is 3.48. The number of hydrogen-bond acceptors (Lipinski definition) is 3. The van der Waals surface area contributed by atoms with Crippen molar-refractivity contribution >= 4 is 23.2 Å². The van der Waals surface area contributed by atoms with Crippen LogP contribution >= 0.6 is 11.6 Å². The number of anilines is 1. The minimum atomic E-state index is -0.0986. The first-order valence-corrected chi connectivity index (χ1v) is 9.14. The summed E-state index contributed by atoms with van der Waals surface area (Å²) >= 11 is 6.13. The number of nitrogens with zero attached hydrogens (tertiary/aromatic N) is 3. The smallest absolute Gasteiger partial charge is 0.228 e. The Bertz CT molecular complexity index is 950. The van der Waals surface area contributed by atoms with Crippen molar-refractivity contribution in [2.45, 2.75) is 32.2 Å². The summed E-state index contributed by atoms with van der Waals surface area (Å²) in [5, 5.41) is 12.2. The summed E-state index contributed by atoms with van der Waals surface area (Å²) in [4.78, 5) is 12.4. The van der Waals surface area contributed by atoms with Gasteiger partial charge in [-0.2, -0.15) is 0 Å². The van der Waals surface area contributed by atoms with Crippen LogP contribution in [0.25, 0.3) is 11.4 Å². The van der Waals surface area contributed by atoms with Gasteiger partial charge in [0.2, 0.25) is 5.91 Å². The number of aromatic nitrogens is 3. The number of nitrogens with one attached hydrogen (secondary N) is 1. The van der Waals surface area contributed by atoms with Crippen LogP contribution in [-0.4, -0.2) is 20.7 Å². The van der Waals surface area contributed by atoms with Crippen LogP contribution in [0.5, 0.6) is 0 Å². The number of fused-ring (bicyclic) bond motifs is 1. The fourth-order valence-electron chi connectivity index (χ4n) is 3.28. The van der Waals surface area contributed by atoms with E-state index >= 15 is 0 Å². The van der Waals surface area contributed by atoms with Gasteiger partial charge in [-0.3, -0.25) is 4.79 Å². The van der Waals surface area contributed by atoms with Crippen molar-refractivity contribution < 1.29 is 4.79 Å². The zero-order chi connectivity index (χ0) is 17.9. The van der Waals surface area contributed by atoms with E-state index in [4.69, 9.17) is 11.6 Å². The number of carbonyl (C=O) groups is 1. The summed E-state index contributed by atoms with van der Waals surface area (Å²) in [6.45, 7) is 0.945. The molecule has 2 aromatic carbocycles. The third-order valence-electron chi connectivity index (χ3n) is 4.57. The third-order valence-corrected chi connectivity index (χ3v) is 4.94. The second kappa shape index (κ2) is 7.30. The standard InChI is InChI=1S/C20H19ClN4O/c21-17-9-2-1-6-14(17)13-19(26)22-16-8-5-7-15(12-16)20-24-23-18-10-3-4-11-25(18)20/h1-2,5-9,12H,3-4,10-11,13H2,(H,22,26). The zero-order valence-electron chi connectivity index (χ0n) is 14.3. The van der Waals surface area contributed by atoms with Gasteiger partial charge in [-0.25, -0.2) is 0 Å². The van der Waals surface area contributed by atoms with Crippen molar-refractivity contribution in [2.24, 2.45) is 0 Å². The van der Waals surface area contributed by atoms with E-state index in [0.29, 0.717) is 5.02 Å². The minimum Gasteiger partial charge on any atom is -0.326 e. The maximum absolute atomic E-state index is 12.4. The van der Waals surface area contributed by atoms with Crippen LogP contribution in [0, 0.1) is 0 Å². The fraction of sp³-hybridized carbons (Fsp3) is 0.250. The number of carbonyl (C=O) groups excluding carboxylic acids is 1. The van der Waals surface area contributed by atoms with E-state index in [1.807, 2.05) is 42.5 Å². The van der Waals surface area contributed by atoms with E-state index < -0.39 is 0 Å². The predicted octanol–water partition coefficient (Wildman–Crippen LogP) is 4.12. The van der Waals surface area contributed by atoms with Gasteiger partial charge < -0.3 is 9.88 Å². The highest BCUT2D eigenvalue weighted by molar-refractivity contribution is 6.31. The Morgan fingerprint density at radius 2 is 2.00 bits per heavy atom. The molecule has 5 nitrogen and oxygen atoms in total. The molecule has 0 saturated carbocycles. The minimum absolute atomic E-state index is 0.0986. The summed E-state index contributed by atoms with van der Waals surface area (Å²) in [6, 6.07) is 15.1. The van der Waals surface area contributed by atoms with Crippen molar-refractivity contribution in [1.29, 1.82) is 0 Å². The van der Waals surface area contributed by atoms with Crippen LogP contribution < -0.4 is 5.32 Å². The molecule has 1 N–H and O–H groups in total. The Morgan fingerprint density at radius 1 is 1.12 bits per heavy atom. The normalized spacial score (nSPS) is 13.3. The lowest BCUT2D eigenvalue weighted by Crippen LogP contribution is -2.15. The Balaban J connectivity index is 1.52. The van der Waals surface area contributed by atoms with Crippen molar-refractivity contribution in [3.63, 3.8) is 0 Å². The quantitative estimate of drug-likeness (QED) is 0.755.